The zero-order chi connectivity index (χ0) is 15.0. The van der Waals surface area contributed by atoms with Crippen LogP contribution in [0.2, 0.25) is 0 Å². The Balaban J connectivity index is 2.67. The molecule has 0 unspecified atom stereocenters. The maximum Gasteiger partial charge on any atom is 0.229 e. The Bertz CT molecular complexity index is 290. The Labute approximate surface area is 123 Å². The molecule has 0 bridgehead atoms. The first-order chi connectivity index (χ1) is 9.60. The number of carbonyl (C=O) groups is 2. The highest BCUT2D eigenvalue weighted by Crippen LogP contribution is 2.24. The molecule has 116 valence electrons. The van der Waals surface area contributed by atoms with Crippen molar-refractivity contribution >= 4 is 11.8 Å². The lowest BCUT2D eigenvalue weighted by Gasteiger charge is -2.35. The Hall–Kier alpha value is -0.900. The van der Waals surface area contributed by atoms with Gasteiger partial charge in [-0.15, -0.1) is 0 Å². The SMILES string of the molecule is CCCCC(=O)N(C(=O)CCCC)C1CCC(N)CC1. The van der Waals surface area contributed by atoms with Crippen LogP contribution in [0, 0.1) is 0 Å². The molecule has 0 aromatic heterocycles. The molecule has 1 fully saturated rings. The van der Waals surface area contributed by atoms with E-state index in [9.17, 15) is 9.59 Å². The van der Waals surface area contributed by atoms with Crippen LogP contribution in [0.1, 0.15) is 78.1 Å². The topological polar surface area (TPSA) is 63.4 Å². The molecular weight excluding hydrogens is 252 g/mol. The average molecular weight is 282 g/mol. The van der Waals surface area contributed by atoms with Crippen molar-refractivity contribution in [1.29, 1.82) is 0 Å². The quantitative estimate of drug-likeness (QED) is 0.780. The maximum atomic E-state index is 12.4. The van der Waals surface area contributed by atoms with Crippen LogP contribution < -0.4 is 5.73 Å². The van der Waals surface area contributed by atoms with Crippen LogP contribution in [0.4, 0.5) is 0 Å². The van der Waals surface area contributed by atoms with E-state index in [1.54, 1.807) is 4.90 Å². The molecule has 20 heavy (non-hydrogen) atoms. The molecular formula is C16H30N2O2. The minimum Gasteiger partial charge on any atom is -0.328 e. The Morgan fingerprint density at radius 1 is 0.950 bits per heavy atom. The zero-order valence-electron chi connectivity index (χ0n) is 13.1. The molecule has 0 aromatic carbocycles. The van der Waals surface area contributed by atoms with Crippen LogP contribution in [0.25, 0.3) is 0 Å². The van der Waals surface area contributed by atoms with Gasteiger partial charge in [-0.3, -0.25) is 14.5 Å². The Morgan fingerprint density at radius 3 is 1.80 bits per heavy atom. The van der Waals surface area contributed by atoms with Crippen molar-refractivity contribution in [2.24, 2.45) is 5.73 Å². The number of hydrogen-bond acceptors (Lipinski definition) is 3. The highest BCUT2D eigenvalue weighted by Gasteiger charge is 2.31. The van der Waals surface area contributed by atoms with Crippen molar-refractivity contribution in [1.82, 2.24) is 4.90 Å². The molecule has 0 saturated heterocycles. The highest BCUT2D eigenvalue weighted by molar-refractivity contribution is 5.95. The number of hydrogen-bond donors (Lipinski definition) is 1. The van der Waals surface area contributed by atoms with Crippen molar-refractivity contribution in [2.45, 2.75) is 90.1 Å². The summed E-state index contributed by atoms with van der Waals surface area (Å²) in [5.74, 6) is 0.0434. The van der Waals surface area contributed by atoms with Gasteiger partial charge in [-0.1, -0.05) is 26.7 Å². The van der Waals surface area contributed by atoms with Crippen molar-refractivity contribution in [3.05, 3.63) is 0 Å². The summed E-state index contributed by atoms with van der Waals surface area (Å²) in [5, 5.41) is 0. The lowest BCUT2D eigenvalue weighted by atomic mass is 9.90. The van der Waals surface area contributed by atoms with Gasteiger partial charge >= 0.3 is 0 Å². The molecule has 1 saturated carbocycles. The summed E-state index contributed by atoms with van der Waals surface area (Å²) in [6.45, 7) is 4.13. The lowest BCUT2D eigenvalue weighted by Crippen LogP contribution is -2.47. The second-order valence-corrected chi connectivity index (χ2v) is 5.93. The molecule has 0 aromatic rings. The number of imide groups is 1. The van der Waals surface area contributed by atoms with E-state index < -0.39 is 0 Å². The molecule has 4 nitrogen and oxygen atoms in total. The third-order valence-corrected chi connectivity index (χ3v) is 4.13. The molecule has 4 heteroatoms. The number of rotatable bonds is 7. The second-order valence-electron chi connectivity index (χ2n) is 5.93. The lowest BCUT2D eigenvalue weighted by molar-refractivity contribution is -0.148. The normalized spacial score (nSPS) is 22.6. The third-order valence-electron chi connectivity index (χ3n) is 4.13. The first kappa shape index (κ1) is 17.2. The van der Waals surface area contributed by atoms with E-state index >= 15 is 0 Å². The summed E-state index contributed by atoms with van der Waals surface area (Å²) in [6.07, 6.45) is 8.27. The minimum absolute atomic E-state index is 0.0217. The fourth-order valence-electron chi connectivity index (χ4n) is 2.80. The van der Waals surface area contributed by atoms with Gasteiger partial charge in [0, 0.05) is 24.9 Å². The number of unbranched alkanes of at least 4 members (excludes halogenated alkanes) is 2. The van der Waals surface area contributed by atoms with Gasteiger partial charge in [-0.05, 0) is 38.5 Å². The van der Waals surface area contributed by atoms with Crippen LogP contribution in [-0.2, 0) is 9.59 Å². The molecule has 0 radical (unpaired) electrons. The molecule has 1 aliphatic carbocycles. The average Bonchev–Trinajstić information content (AvgIpc) is 2.45. The molecule has 0 heterocycles. The van der Waals surface area contributed by atoms with Crippen molar-refractivity contribution in [3.8, 4) is 0 Å². The summed E-state index contributed by atoms with van der Waals surface area (Å²) in [4.78, 5) is 26.3. The number of carbonyl (C=O) groups excluding carboxylic acids is 2. The molecule has 1 rings (SSSR count). The van der Waals surface area contributed by atoms with E-state index in [1.807, 2.05) is 0 Å². The molecule has 1 aliphatic rings. The largest absolute Gasteiger partial charge is 0.328 e. The van der Waals surface area contributed by atoms with Crippen molar-refractivity contribution < 1.29 is 9.59 Å². The fourth-order valence-corrected chi connectivity index (χ4v) is 2.80. The Kier molecular flexibility index (Phi) is 7.82. The first-order valence-corrected chi connectivity index (χ1v) is 8.20. The van der Waals surface area contributed by atoms with Gasteiger partial charge in [0.1, 0.15) is 0 Å². The van der Waals surface area contributed by atoms with E-state index in [4.69, 9.17) is 5.73 Å². The minimum atomic E-state index is 0.0217. The van der Waals surface area contributed by atoms with E-state index in [0.717, 1.165) is 51.4 Å². The first-order valence-electron chi connectivity index (χ1n) is 8.20. The van der Waals surface area contributed by atoms with Crippen molar-refractivity contribution in [2.75, 3.05) is 0 Å². The number of amides is 2. The predicted molar refractivity (Wildman–Crippen MR) is 81.1 cm³/mol. The van der Waals surface area contributed by atoms with E-state index in [0.29, 0.717) is 12.8 Å². The van der Waals surface area contributed by atoms with Gasteiger partial charge in [0.2, 0.25) is 11.8 Å². The maximum absolute atomic E-state index is 12.4. The van der Waals surface area contributed by atoms with Gasteiger partial charge in [-0.2, -0.15) is 0 Å². The van der Waals surface area contributed by atoms with Crippen LogP contribution in [0.5, 0.6) is 0 Å². The van der Waals surface area contributed by atoms with E-state index in [1.165, 1.54) is 0 Å². The zero-order valence-corrected chi connectivity index (χ0v) is 13.1. The van der Waals surface area contributed by atoms with Gasteiger partial charge in [0.25, 0.3) is 0 Å². The number of nitrogens with zero attached hydrogens (tertiary/aromatic N) is 1. The fraction of sp³-hybridized carbons (Fsp3) is 0.875. The molecule has 2 N–H and O–H groups in total. The standard InChI is InChI=1S/C16H30N2O2/c1-3-5-7-15(19)18(16(20)8-6-4-2)14-11-9-13(17)10-12-14/h13-14H,3-12,17H2,1-2H3. The highest BCUT2D eigenvalue weighted by atomic mass is 16.2. The third kappa shape index (κ3) is 5.23. The summed E-state index contributed by atoms with van der Waals surface area (Å²) in [6, 6.07) is 0.327. The van der Waals surface area contributed by atoms with Gasteiger partial charge in [-0.25, -0.2) is 0 Å². The van der Waals surface area contributed by atoms with Gasteiger partial charge < -0.3 is 5.73 Å². The van der Waals surface area contributed by atoms with Gasteiger partial charge in [0.05, 0.1) is 0 Å². The summed E-state index contributed by atoms with van der Waals surface area (Å²) < 4.78 is 0. The molecule has 0 aliphatic heterocycles. The summed E-state index contributed by atoms with van der Waals surface area (Å²) >= 11 is 0. The monoisotopic (exact) mass is 282 g/mol. The molecule has 2 amide bonds. The van der Waals surface area contributed by atoms with Crippen molar-refractivity contribution in [3.63, 3.8) is 0 Å². The molecule has 0 spiro atoms. The van der Waals surface area contributed by atoms with E-state index in [-0.39, 0.29) is 23.9 Å². The van der Waals surface area contributed by atoms with Crippen LogP contribution in [0.15, 0.2) is 0 Å². The van der Waals surface area contributed by atoms with Crippen LogP contribution in [-0.4, -0.2) is 28.8 Å². The van der Waals surface area contributed by atoms with Crippen LogP contribution >= 0.6 is 0 Å². The predicted octanol–water partition coefficient (Wildman–Crippen LogP) is 2.99. The molecule has 0 atom stereocenters. The van der Waals surface area contributed by atoms with Crippen LogP contribution in [0.3, 0.4) is 0 Å². The smallest absolute Gasteiger partial charge is 0.229 e. The summed E-state index contributed by atoms with van der Waals surface area (Å²) in [7, 11) is 0. The van der Waals surface area contributed by atoms with Gasteiger partial charge in [0.15, 0.2) is 0 Å². The van der Waals surface area contributed by atoms with E-state index in [2.05, 4.69) is 13.8 Å². The summed E-state index contributed by atoms with van der Waals surface area (Å²) in [5.41, 5.74) is 5.92. The Morgan fingerprint density at radius 2 is 1.40 bits per heavy atom. The second kappa shape index (κ2) is 9.11. The number of nitrogens with two attached hydrogens (primary N) is 1.